The predicted molar refractivity (Wildman–Crippen MR) is 83.5 cm³/mol. The molecule has 1 saturated heterocycles. The minimum atomic E-state index is -0.122. The molecule has 3 rings (SSSR count). The van der Waals surface area contributed by atoms with E-state index in [0.717, 1.165) is 30.7 Å². The lowest BCUT2D eigenvalue weighted by molar-refractivity contribution is -0.123. The topological polar surface area (TPSA) is 67.4 Å². The number of hydrogen-bond acceptors (Lipinski definition) is 3. The average molecular weight is 302 g/mol. The molecule has 0 bridgehead atoms. The Morgan fingerprint density at radius 2 is 2.23 bits per heavy atom. The first-order valence-corrected chi connectivity index (χ1v) is 7.99. The third-order valence-electron chi connectivity index (χ3n) is 4.38. The molecule has 0 saturated carbocycles. The summed E-state index contributed by atoms with van der Waals surface area (Å²) in [4.78, 5) is 24.0. The van der Waals surface area contributed by atoms with Gasteiger partial charge in [0.2, 0.25) is 11.8 Å². The van der Waals surface area contributed by atoms with Crippen LogP contribution in [0.4, 0.5) is 5.69 Å². The van der Waals surface area contributed by atoms with Gasteiger partial charge >= 0.3 is 0 Å². The van der Waals surface area contributed by atoms with E-state index in [4.69, 9.17) is 4.74 Å². The van der Waals surface area contributed by atoms with Crippen LogP contribution in [-0.2, 0) is 20.7 Å². The molecule has 5 heteroatoms. The first-order valence-electron chi connectivity index (χ1n) is 7.99. The number of anilines is 1. The van der Waals surface area contributed by atoms with Crippen LogP contribution in [0.1, 0.15) is 31.2 Å². The molecule has 1 aromatic rings. The van der Waals surface area contributed by atoms with Crippen LogP contribution < -0.4 is 10.6 Å². The molecule has 5 nitrogen and oxygen atoms in total. The van der Waals surface area contributed by atoms with Crippen LogP contribution in [-0.4, -0.2) is 31.1 Å². The van der Waals surface area contributed by atoms with Crippen LogP contribution in [0.15, 0.2) is 24.3 Å². The van der Waals surface area contributed by atoms with Crippen molar-refractivity contribution in [2.75, 3.05) is 18.5 Å². The van der Waals surface area contributed by atoms with Crippen LogP contribution in [0.5, 0.6) is 0 Å². The molecule has 2 aliphatic heterocycles. The highest BCUT2D eigenvalue weighted by molar-refractivity contribution is 5.96. The minimum absolute atomic E-state index is 0.00200. The zero-order valence-electron chi connectivity index (χ0n) is 12.6. The lowest BCUT2D eigenvalue weighted by Gasteiger charge is -2.24. The molecular weight excluding hydrogens is 280 g/mol. The van der Waals surface area contributed by atoms with Gasteiger partial charge in [0.25, 0.3) is 0 Å². The number of carbonyl (C=O) groups excluding carboxylic acids is 2. The molecule has 1 aromatic carbocycles. The van der Waals surface area contributed by atoms with Crippen molar-refractivity contribution >= 4 is 17.5 Å². The summed E-state index contributed by atoms with van der Waals surface area (Å²) in [5.41, 5.74) is 2.04. The van der Waals surface area contributed by atoms with Gasteiger partial charge in [-0.3, -0.25) is 9.59 Å². The van der Waals surface area contributed by atoms with Crippen molar-refractivity contribution in [3.63, 3.8) is 0 Å². The summed E-state index contributed by atoms with van der Waals surface area (Å²) in [7, 11) is 0. The third kappa shape index (κ3) is 3.65. The second kappa shape index (κ2) is 6.92. The molecular formula is C17H22N2O3. The quantitative estimate of drug-likeness (QED) is 0.872. The highest BCUT2D eigenvalue weighted by Crippen LogP contribution is 2.27. The highest BCUT2D eigenvalue weighted by atomic mass is 16.5. The maximum absolute atomic E-state index is 12.1. The van der Waals surface area contributed by atoms with E-state index in [1.807, 2.05) is 24.3 Å². The summed E-state index contributed by atoms with van der Waals surface area (Å²) in [5, 5.41) is 5.82. The van der Waals surface area contributed by atoms with Gasteiger partial charge in [0.1, 0.15) is 0 Å². The fourth-order valence-corrected chi connectivity index (χ4v) is 3.07. The molecule has 2 atom stereocenters. The van der Waals surface area contributed by atoms with Crippen LogP contribution >= 0.6 is 0 Å². The summed E-state index contributed by atoms with van der Waals surface area (Å²) in [6.07, 6.45) is 3.92. The molecule has 0 unspecified atom stereocenters. The Bertz CT molecular complexity index is 553. The molecule has 2 aliphatic rings. The Hall–Kier alpha value is -1.88. The number of nitrogens with one attached hydrogen (secondary N) is 2. The zero-order chi connectivity index (χ0) is 15.4. The molecule has 0 aliphatic carbocycles. The van der Waals surface area contributed by atoms with Gasteiger partial charge in [0, 0.05) is 31.2 Å². The van der Waals surface area contributed by atoms with Crippen molar-refractivity contribution < 1.29 is 14.3 Å². The van der Waals surface area contributed by atoms with E-state index in [1.54, 1.807) is 0 Å². The van der Waals surface area contributed by atoms with Gasteiger partial charge in [0.15, 0.2) is 0 Å². The van der Waals surface area contributed by atoms with E-state index in [2.05, 4.69) is 10.6 Å². The minimum Gasteiger partial charge on any atom is -0.376 e. The van der Waals surface area contributed by atoms with Crippen LogP contribution in [0.25, 0.3) is 0 Å². The predicted octanol–water partition coefficient (Wildman–Crippen LogP) is 1.87. The van der Waals surface area contributed by atoms with Crippen LogP contribution in [0, 0.1) is 5.92 Å². The summed E-state index contributed by atoms with van der Waals surface area (Å²) in [5.74, 6) is -0.101. The zero-order valence-corrected chi connectivity index (χ0v) is 12.6. The number of para-hydroxylation sites is 1. The lowest BCUT2D eigenvalue weighted by Crippen LogP contribution is -2.34. The standard InChI is InChI=1S/C17H22N2O3/c20-16(18-11-14-5-3-9-22-14)8-7-13-10-12-4-1-2-6-15(12)19-17(13)21/h1-2,4,6,13-14H,3,5,7-11H2,(H,18,20)(H,19,21)/t13-,14-/m1/s1. The van der Waals surface area contributed by atoms with Gasteiger partial charge in [-0.15, -0.1) is 0 Å². The number of carbonyl (C=O) groups is 2. The monoisotopic (exact) mass is 302 g/mol. The lowest BCUT2D eigenvalue weighted by atomic mass is 9.89. The summed E-state index contributed by atoms with van der Waals surface area (Å²) in [6, 6.07) is 7.83. The fraction of sp³-hybridized carbons (Fsp3) is 0.529. The first kappa shape index (κ1) is 15.0. The van der Waals surface area contributed by atoms with Crippen molar-refractivity contribution in [1.29, 1.82) is 0 Å². The third-order valence-corrected chi connectivity index (χ3v) is 4.38. The Morgan fingerprint density at radius 3 is 3.05 bits per heavy atom. The normalized spacial score (nSPS) is 23.7. The van der Waals surface area contributed by atoms with E-state index in [-0.39, 0.29) is 23.8 Å². The molecule has 2 heterocycles. The molecule has 2 N–H and O–H groups in total. The maximum atomic E-state index is 12.1. The molecule has 2 amide bonds. The van der Waals surface area contributed by atoms with Gasteiger partial charge in [-0.05, 0) is 37.3 Å². The molecule has 22 heavy (non-hydrogen) atoms. The van der Waals surface area contributed by atoms with E-state index in [1.165, 1.54) is 0 Å². The Balaban J connectivity index is 1.45. The van der Waals surface area contributed by atoms with Crippen molar-refractivity contribution in [3.05, 3.63) is 29.8 Å². The van der Waals surface area contributed by atoms with E-state index < -0.39 is 0 Å². The number of rotatable bonds is 5. The van der Waals surface area contributed by atoms with E-state index in [0.29, 0.717) is 25.8 Å². The van der Waals surface area contributed by atoms with Gasteiger partial charge in [-0.1, -0.05) is 18.2 Å². The van der Waals surface area contributed by atoms with Crippen molar-refractivity contribution in [2.24, 2.45) is 5.92 Å². The molecule has 0 aromatic heterocycles. The smallest absolute Gasteiger partial charge is 0.227 e. The Kier molecular flexibility index (Phi) is 4.73. The van der Waals surface area contributed by atoms with Gasteiger partial charge < -0.3 is 15.4 Å². The number of amides is 2. The SMILES string of the molecule is O=C(CC[C@@H]1Cc2ccccc2NC1=O)NC[C@H]1CCCO1. The van der Waals surface area contributed by atoms with Gasteiger partial charge in [-0.25, -0.2) is 0 Å². The maximum Gasteiger partial charge on any atom is 0.227 e. The summed E-state index contributed by atoms with van der Waals surface area (Å²) < 4.78 is 5.48. The van der Waals surface area contributed by atoms with E-state index in [9.17, 15) is 9.59 Å². The van der Waals surface area contributed by atoms with Gasteiger partial charge in [-0.2, -0.15) is 0 Å². The molecule has 1 fully saturated rings. The van der Waals surface area contributed by atoms with Crippen LogP contribution in [0.3, 0.4) is 0 Å². The number of hydrogen-bond donors (Lipinski definition) is 2. The summed E-state index contributed by atoms with van der Waals surface area (Å²) in [6.45, 7) is 1.38. The van der Waals surface area contributed by atoms with Crippen molar-refractivity contribution in [2.45, 2.75) is 38.2 Å². The Morgan fingerprint density at radius 1 is 1.36 bits per heavy atom. The first-order chi connectivity index (χ1) is 10.7. The van der Waals surface area contributed by atoms with Crippen molar-refractivity contribution in [3.8, 4) is 0 Å². The van der Waals surface area contributed by atoms with Crippen LogP contribution in [0.2, 0.25) is 0 Å². The largest absolute Gasteiger partial charge is 0.376 e. The Labute approximate surface area is 130 Å². The fourth-order valence-electron chi connectivity index (χ4n) is 3.07. The highest BCUT2D eigenvalue weighted by Gasteiger charge is 2.26. The average Bonchev–Trinajstić information content (AvgIpc) is 3.04. The number of ether oxygens (including phenoxy) is 1. The number of fused-ring (bicyclic) bond motifs is 1. The molecule has 118 valence electrons. The number of benzene rings is 1. The van der Waals surface area contributed by atoms with Crippen molar-refractivity contribution in [1.82, 2.24) is 5.32 Å². The summed E-state index contributed by atoms with van der Waals surface area (Å²) >= 11 is 0. The molecule has 0 radical (unpaired) electrons. The van der Waals surface area contributed by atoms with Gasteiger partial charge in [0.05, 0.1) is 6.10 Å². The molecule has 0 spiro atoms. The second-order valence-corrected chi connectivity index (χ2v) is 6.03. The second-order valence-electron chi connectivity index (χ2n) is 6.03. The van der Waals surface area contributed by atoms with E-state index >= 15 is 0 Å².